The SMILES string of the molecule is CCOc1ccc(NC(=O)C2(N)CCOCC2)cc1S(=O)(=O)N1CCCC1. The Balaban J connectivity index is 1.88. The number of nitrogens with zero attached hydrogens (tertiary/aromatic N) is 1. The molecule has 0 spiro atoms. The van der Waals surface area contributed by atoms with Crippen molar-refractivity contribution in [2.24, 2.45) is 5.73 Å². The van der Waals surface area contributed by atoms with E-state index >= 15 is 0 Å². The first-order valence-corrected chi connectivity index (χ1v) is 10.8. The van der Waals surface area contributed by atoms with Gasteiger partial charge in [0.15, 0.2) is 0 Å². The van der Waals surface area contributed by atoms with Crippen LogP contribution in [0.3, 0.4) is 0 Å². The molecule has 27 heavy (non-hydrogen) atoms. The predicted molar refractivity (Wildman–Crippen MR) is 101 cm³/mol. The van der Waals surface area contributed by atoms with Gasteiger partial charge in [0.25, 0.3) is 0 Å². The van der Waals surface area contributed by atoms with Gasteiger partial charge >= 0.3 is 0 Å². The number of hydrogen-bond donors (Lipinski definition) is 2. The van der Waals surface area contributed by atoms with Crippen molar-refractivity contribution in [3.05, 3.63) is 18.2 Å². The predicted octanol–water partition coefficient (Wildman–Crippen LogP) is 1.32. The van der Waals surface area contributed by atoms with Gasteiger partial charge in [0.1, 0.15) is 16.2 Å². The molecule has 0 radical (unpaired) electrons. The van der Waals surface area contributed by atoms with Crippen LogP contribution in [0.5, 0.6) is 5.75 Å². The number of nitrogens with one attached hydrogen (secondary N) is 1. The van der Waals surface area contributed by atoms with Crippen LogP contribution in [0, 0.1) is 0 Å². The fraction of sp³-hybridized carbons (Fsp3) is 0.611. The Morgan fingerprint density at radius 3 is 2.59 bits per heavy atom. The van der Waals surface area contributed by atoms with Crippen LogP contribution in [0.4, 0.5) is 5.69 Å². The van der Waals surface area contributed by atoms with Crippen molar-refractivity contribution >= 4 is 21.6 Å². The first-order chi connectivity index (χ1) is 12.9. The summed E-state index contributed by atoms with van der Waals surface area (Å²) in [5, 5.41) is 2.77. The van der Waals surface area contributed by atoms with Crippen LogP contribution < -0.4 is 15.8 Å². The standard InChI is InChI=1S/C18H27N3O5S/c1-2-26-15-6-5-14(20-17(22)18(19)7-11-25-12-8-18)13-16(15)27(23,24)21-9-3-4-10-21/h5-6,13H,2-4,7-12,19H2,1H3,(H,20,22). The number of sulfonamides is 1. The van der Waals surface area contributed by atoms with E-state index in [2.05, 4.69) is 5.32 Å². The zero-order valence-electron chi connectivity index (χ0n) is 15.6. The highest BCUT2D eigenvalue weighted by molar-refractivity contribution is 7.89. The highest BCUT2D eigenvalue weighted by atomic mass is 32.2. The maximum absolute atomic E-state index is 13.0. The van der Waals surface area contributed by atoms with Gasteiger partial charge in [0, 0.05) is 32.0 Å². The maximum atomic E-state index is 13.0. The lowest BCUT2D eigenvalue weighted by atomic mass is 9.90. The van der Waals surface area contributed by atoms with Gasteiger partial charge < -0.3 is 20.5 Å². The quantitative estimate of drug-likeness (QED) is 0.749. The van der Waals surface area contributed by atoms with E-state index in [1.165, 1.54) is 10.4 Å². The van der Waals surface area contributed by atoms with Gasteiger partial charge in [0.2, 0.25) is 15.9 Å². The molecule has 0 atom stereocenters. The first kappa shape index (κ1) is 20.1. The summed E-state index contributed by atoms with van der Waals surface area (Å²) in [5.41, 5.74) is 5.59. The molecule has 3 rings (SSSR count). The minimum atomic E-state index is -3.68. The lowest BCUT2D eigenvalue weighted by molar-refractivity contribution is -0.124. The van der Waals surface area contributed by atoms with Gasteiger partial charge in [-0.05, 0) is 50.8 Å². The minimum absolute atomic E-state index is 0.0714. The number of carbonyl (C=O) groups is 1. The van der Waals surface area contributed by atoms with Gasteiger partial charge in [0.05, 0.1) is 6.61 Å². The largest absolute Gasteiger partial charge is 0.492 e. The molecule has 150 valence electrons. The van der Waals surface area contributed by atoms with Gasteiger partial charge in [-0.1, -0.05) is 0 Å². The molecule has 0 bridgehead atoms. The highest BCUT2D eigenvalue weighted by Gasteiger charge is 2.36. The highest BCUT2D eigenvalue weighted by Crippen LogP contribution is 2.32. The Kier molecular flexibility index (Phi) is 6.05. The van der Waals surface area contributed by atoms with Crippen molar-refractivity contribution in [1.82, 2.24) is 4.31 Å². The fourth-order valence-corrected chi connectivity index (χ4v) is 5.02. The van der Waals surface area contributed by atoms with E-state index in [-0.39, 0.29) is 16.6 Å². The molecule has 1 aromatic rings. The second-order valence-corrected chi connectivity index (χ2v) is 8.83. The van der Waals surface area contributed by atoms with Crippen molar-refractivity contribution in [1.29, 1.82) is 0 Å². The van der Waals surface area contributed by atoms with Gasteiger partial charge in [-0.15, -0.1) is 0 Å². The number of nitrogens with two attached hydrogens (primary N) is 1. The third-order valence-corrected chi connectivity index (χ3v) is 6.94. The molecule has 0 aromatic heterocycles. The minimum Gasteiger partial charge on any atom is -0.492 e. The molecule has 3 N–H and O–H groups in total. The summed E-state index contributed by atoms with van der Waals surface area (Å²) >= 11 is 0. The van der Waals surface area contributed by atoms with E-state index in [9.17, 15) is 13.2 Å². The summed E-state index contributed by atoms with van der Waals surface area (Å²) in [5.74, 6) is -0.0459. The van der Waals surface area contributed by atoms with Gasteiger partial charge in [-0.2, -0.15) is 4.31 Å². The molecular formula is C18H27N3O5S. The summed E-state index contributed by atoms with van der Waals surface area (Å²) in [6, 6.07) is 4.67. The third-order valence-electron chi connectivity index (χ3n) is 5.02. The summed E-state index contributed by atoms with van der Waals surface area (Å²) in [7, 11) is -3.68. The molecule has 2 fully saturated rings. The van der Waals surface area contributed by atoms with E-state index in [4.69, 9.17) is 15.2 Å². The van der Waals surface area contributed by atoms with Crippen LogP contribution in [0.1, 0.15) is 32.6 Å². The number of carbonyl (C=O) groups excluding carboxylic acids is 1. The van der Waals surface area contributed by atoms with E-state index < -0.39 is 15.6 Å². The molecule has 1 amide bonds. The fourth-order valence-electron chi connectivity index (χ4n) is 3.35. The summed E-state index contributed by atoms with van der Waals surface area (Å²) < 4.78 is 38.3. The van der Waals surface area contributed by atoms with Gasteiger partial charge in [-0.25, -0.2) is 8.42 Å². The lowest BCUT2D eigenvalue weighted by Crippen LogP contribution is -2.54. The van der Waals surface area contributed by atoms with Crippen LogP contribution in [-0.2, 0) is 19.6 Å². The van der Waals surface area contributed by atoms with E-state index in [1.807, 2.05) is 0 Å². The summed E-state index contributed by atoms with van der Waals surface area (Å²) in [4.78, 5) is 12.7. The molecule has 1 aromatic carbocycles. The molecule has 8 nitrogen and oxygen atoms in total. The zero-order chi connectivity index (χ0) is 19.5. The summed E-state index contributed by atoms with van der Waals surface area (Å²) in [6.45, 7) is 4.00. The van der Waals surface area contributed by atoms with Crippen LogP contribution in [0.15, 0.2) is 23.1 Å². The Bertz CT molecular complexity index is 784. The Morgan fingerprint density at radius 2 is 1.96 bits per heavy atom. The van der Waals surface area contributed by atoms with Crippen molar-refractivity contribution < 1.29 is 22.7 Å². The smallest absolute Gasteiger partial charge is 0.246 e. The molecule has 2 aliphatic heterocycles. The second kappa shape index (κ2) is 8.14. The number of rotatable bonds is 6. The van der Waals surface area contributed by atoms with Crippen LogP contribution in [-0.4, -0.2) is 57.1 Å². The van der Waals surface area contributed by atoms with Crippen LogP contribution in [0.2, 0.25) is 0 Å². The Hall–Kier alpha value is -1.68. The van der Waals surface area contributed by atoms with E-state index in [0.717, 1.165) is 12.8 Å². The number of anilines is 1. The molecule has 0 aliphatic carbocycles. The van der Waals surface area contributed by atoms with E-state index in [0.29, 0.717) is 51.4 Å². The Labute approximate surface area is 160 Å². The van der Waals surface area contributed by atoms with Crippen molar-refractivity contribution in [2.75, 3.05) is 38.2 Å². The molecular weight excluding hydrogens is 370 g/mol. The Morgan fingerprint density at radius 1 is 1.30 bits per heavy atom. The van der Waals surface area contributed by atoms with Crippen LogP contribution in [0.25, 0.3) is 0 Å². The monoisotopic (exact) mass is 397 g/mol. The average Bonchev–Trinajstić information content (AvgIpc) is 3.19. The molecule has 9 heteroatoms. The molecule has 2 aliphatic rings. The lowest BCUT2D eigenvalue weighted by Gasteiger charge is -2.31. The molecule has 2 saturated heterocycles. The van der Waals surface area contributed by atoms with E-state index in [1.54, 1.807) is 19.1 Å². The normalized spacial score (nSPS) is 20.4. The summed E-state index contributed by atoms with van der Waals surface area (Å²) in [6.07, 6.45) is 2.54. The van der Waals surface area contributed by atoms with Crippen molar-refractivity contribution in [2.45, 2.75) is 43.0 Å². The van der Waals surface area contributed by atoms with Gasteiger partial charge in [-0.3, -0.25) is 4.79 Å². The second-order valence-electron chi connectivity index (χ2n) is 6.93. The third kappa shape index (κ3) is 4.26. The number of hydrogen-bond acceptors (Lipinski definition) is 6. The average molecular weight is 397 g/mol. The topological polar surface area (TPSA) is 111 Å². The van der Waals surface area contributed by atoms with Crippen molar-refractivity contribution in [3.63, 3.8) is 0 Å². The zero-order valence-corrected chi connectivity index (χ0v) is 16.4. The van der Waals surface area contributed by atoms with Crippen LogP contribution >= 0.6 is 0 Å². The molecule has 2 heterocycles. The molecule has 0 saturated carbocycles. The van der Waals surface area contributed by atoms with Crippen molar-refractivity contribution in [3.8, 4) is 5.75 Å². The number of amides is 1. The maximum Gasteiger partial charge on any atom is 0.246 e. The number of benzene rings is 1. The molecule has 0 unspecified atom stereocenters. The first-order valence-electron chi connectivity index (χ1n) is 9.32. The number of ether oxygens (including phenoxy) is 2.